The largest absolute Gasteiger partial charge is 0.329 e. The predicted molar refractivity (Wildman–Crippen MR) is 93.8 cm³/mol. The summed E-state index contributed by atoms with van der Waals surface area (Å²) < 4.78 is 0. The Morgan fingerprint density at radius 3 is 2.86 bits per heavy atom. The first kappa shape index (κ1) is 16.3. The molecule has 0 saturated carbocycles. The number of hydrogen-bond acceptors (Lipinski definition) is 4. The number of benzene rings is 1. The molecule has 0 saturated heterocycles. The molecule has 0 fully saturated rings. The fraction of sp³-hybridized carbons (Fsp3) is 0.471. The zero-order valence-corrected chi connectivity index (χ0v) is 13.9. The summed E-state index contributed by atoms with van der Waals surface area (Å²) in [6, 6.07) is 11.3. The second-order valence-electron chi connectivity index (χ2n) is 5.50. The molecular weight excluding hydrogens is 278 g/mol. The van der Waals surface area contributed by atoms with E-state index in [-0.39, 0.29) is 6.04 Å². The van der Waals surface area contributed by atoms with Crippen molar-refractivity contribution >= 4 is 22.7 Å². The highest BCUT2D eigenvalue weighted by Gasteiger charge is 2.20. The van der Waals surface area contributed by atoms with Crippen LogP contribution in [0.4, 0.5) is 0 Å². The molecule has 4 heteroatoms. The molecule has 21 heavy (non-hydrogen) atoms. The number of hydrogen-bond donors (Lipinski definition) is 1. The van der Waals surface area contributed by atoms with Gasteiger partial charge in [-0.1, -0.05) is 12.1 Å². The summed E-state index contributed by atoms with van der Waals surface area (Å²) in [4.78, 5) is 6.78. The van der Waals surface area contributed by atoms with Gasteiger partial charge in [0.05, 0.1) is 5.52 Å². The van der Waals surface area contributed by atoms with Crippen LogP contribution in [0.25, 0.3) is 10.9 Å². The second kappa shape index (κ2) is 7.78. The van der Waals surface area contributed by atoms with E-state index in [1.54, 1.807) is 0 Å². The van der Waals surface area contributed by atoms with Crippen LogP contribution in [0.2, 0.25) is 0 Å². The summed E-state index contributed by atoms with van der Waals surface area (Å²) in [7, 11) is 2.18. The van der Waals surface area contributed by atoms with E-state index in [2.05, 4.69) is 54.4 Å². The summed E-state index contributed by atoms with van der Waals surface area (Å²) in [5.74, 6) is 1.18. The maximum absolute atomic E-state index is 6.05. The monoisotopic (exact) mass is 303 g/mol. The molecule has 1 heterocycles. The Labute approximate surface area is 131 Å². The first-order valence-electron chi connectivity index (χ1n) is 7.43. The van der Waals surface area contributed by atoms with Gasteiger partial charge in [0.2, 0.25) is 0 Å². The first-order chi connectivity index (χ1) is 10.2. The minimum absolute atomic E-state index is 0.256. The molecule has 2 rings (SSSR count). The summed E-state index contributed by atoms with van der Waals surface area (Å²) in [5.41, 5.74) is 8.37. The van der Waals surface area contributed by atoms with Crippen LogP contribution in [-0.4, -0.2) is 41.5 Å². The molecule has 0 bridgehead atoms. The van der Waals surface area contributed by atoms with Crippen molar-refractivity contribution in [2.75, 3.05) is 25.6 Å². The third-order valence-corrected chi connectivity index (χ3v) is 4.81. The molecular formula is C17H25N3S. The van der Waals surface area contributed by atoms with Crippen LogP contribution in [0.5, 0.6) is 0 Å². The zero-order chi connectivity index (χ0) is 15.2. The van der Waals surface area contributed by atoms with Gasteiger partial charge in [-0.25, -0.2) is 0 Å². The van der Waals surface area contributed by atoms with E-state index in [1.807, 2.05) is 24.0 Å². The zero-order valence-electron chi connectivity index (χ0n) is 13.1. The van der Waals surface area contributed by atoms with Crippen molar-refractivity contribution in [2.24, 2.45) is 5.73 Å². The summed E-state index contributed by atoms with van der Waals surface area (Å²) in [6.45, 7) is 2.91. The maximum Gasteiger partial charge on any atom is 0.0702 e. The van der Waals surface area contributed by atoms with E-state index >= 15 is 0 Å². The van der Waals surface area contributed by atoms with Crippen LogP contribution in [-0.2, 0) is 0 Å². The molecule has 1 aromatic carbocycles. The molecule has 0 spiro atoms. The molecule has 3 nitrogen and oxygen atoms in total. The van der Waals surface area contributed by atoms with Crippen molar-refractivity contribution in [1.29, 1.82) is 0 Å². The maximum atomic E-state index is 6.05. The molecule has 2 unspecified atom stereocenters. The van der Waals surface area contributed by atoms with Crippen molar-refractivity contribution in [3.8, 4) is 0 Å². The summed E-state index contributed by atoms with van der Waals surface area (Å²) >= 11 is 1.90. The number of thioether (sulfide) groups is 1. The van der Waals surface area contributed by atoms with Crippen LogP contribution in [0.15, 0.2) is 36.5 Å². The van der Waals surface area contributed by atoms with Gasteiger partial charge in [0.15, 0.2) is 0 Å². The molecule has 0 radical (unpaired) electrons. The van der Waals surface area contributed by atoms with Gasteiger partial charge in [0.25, 0.3) is 0 Å². The van der Waals surface area contributed by atoms with Gasteiger partial charge in [0.1, 0.15) is 0 Å². The van der Waals surface area contributed by atoms with Crippen molar-refractivity contribution in [3.63, 3.8) is 0 Å². The summed E-state index contributed by atoms with van der Waals surface area (Å²) in [5, 5.41) is 1.18. The van der Waals surface area contributed by atoms with Crippen LogP contribution in [0, 0.1) is 0 Å². The second-order valence-corrected chi connectivity index (χ2v) is 6.49. The Kier molecular flexibility index (Phi) is 6.03. The third-order valence-electron chi connectivity index (χ3n) is 4.16. The van der Waals surface area contributed by atoms with Crippen molar-refractivity contribution in [1.82, 2.24) is 9.88 Å². The highest BCUT2D eigenvalue weighted by molar-refractivity contribution is 7.98. The lowest BCUT2D eigenvalue weighted by atomic mass is 10.0. The van der Waals surface area contributed by atoms with Gasteiger partial charge in [-0.15, -0.1) is 0 Å². The van der Waals surface area contributed by atoms with E-state index in [0.717, 1.165) is 5.52 Å². The fourth-order valence-corrected chi connectivity index (χ4v) is 3.21. The van der Waals surface area contributed by atoms with Gasteiger partial charge < -0.3 is 5.73 Å². The van der Waals surface area contributed by atoms with Crippen molar-refractivity contribution in [2.45, 2.75) is 25.4 Å². The molecule has 2 aromatic rings. The molecule has 2 N–H and O–H groups in total. The number of nitrogens with two attached hydrogens (primary N) is 1. The Balaban J connectivity index is 2.21. The Hall–Kier alpha value is -1.10. The van der Waals surface area contributed by atoms with Gasteiger partial charge >= 0.3 is 0 Å². The quantitative estimate of drug-likeness (QED) is 0.852. The van der Waals surface area contributed by atoms with E-state index in [4.69, 9.17) is 5.73 Å². The number of likely N-dealkylation sites (N-methyl/N-ethyl adjacent to an activating group) is 1. The lowest BCUT2D eigenvalue weighted by Gasteiger charge is -2.33. The average Bonchev–Trinajstić information content (AvgIpc) is 2.53. The van der Waals surface area contributed by atoms with Gasteiger partial charge in [-0.2, -0.15) is 11.8 Å². The lowest BCUT2D eigenvalue weighted by molar-refractivity contribution is 0.186. The van der Waals surface area contributed by atoms with Crippen LogP contribution < -0.4 is 5.73 Å². The molecule has 1 aromatic heterocycles. The Morgan fingerprint density at radius 2 is 2.14 bits per heavy atom. The summed E-state index contributed by atoms with van der Waals surface area (Å²) in [6.07, 6.45) is 5.17. The van der Waals surface area contributed by atoms with E-state index in [0.29, 0.717) is 12.6 Å². The van der Waals surface area contributed by atoms with Crippen molar-refractivity contribution in [3.05, 3.63) is 42.1 Å². The molecule has 0 aliphatic carbocycles. The molecule has 0 amide bonds. The highest BCUT2D eigenvalue weighted by Crippen LogP contribution is 2.25. The SMILES string of the molecule is CSCCC(C)N(C)C(CN)c1ccc2ncccc2c1. The molecule has 0 aliphatic rings. The molecule has 114 valence electrons. The topological polar surface area (TPSA) is 42.1 Å². The number of pyridine rings is 1. The van der Waals surface area contributed by atoms with E-state index in [1.165, 1.54) is 23.1 Å². The van der Waals surface area contributed by atoms with Crippen LogP contribution in [0.1, 0.15) is 24.9 Å². The standard InChI is InChI=1S/C17H25N3S/c1-13(8-10-21-3)20(2)17(12-18)15-6-7-16-14(11-15)5-4-9-19-16/h4-7,9,11,13,17H,8,10,12,18H2,1-3H3. The van der Waals surface area contributed by atoms with E-state index < -0.39 is 0 Å². The van der Waals surface area contributed by atoms with Crippen LogP contribution >= 0.6 is 11.8 Å². The minimum Gasteiger partial charge on any atom is -0.329 e. The smallest absolute Gasteiger partial charge is 0.0702 e. The van der Waals surface area contributed by atoms with Gasteiger partial charge in [-0.05, 0) is 56.2 Å². The third kappa shape index (κ3) is 3.96. The number of fused-ring (bicyclic) bond motifs is 1. The van der Waals surface area contributed by atoms with Crippen molar-refractivity contribution < 1.29 is 0 Å². The van der Waals surface area contributed by atoms with Gasteiger partial charge in [-0.3, -0.25) is 9.88 Å². The van der Waals surface area contributed by atoms with Gasteiger partial charge in [0, 0.05) is 30.2 Å². The highest BCUT2D eigenvalue weighted by atomic mass is 32.2. The fourth-order valence-electron chi connectivity index (χ4n) is 2.64. The number of nitrogens with zero attached hydrogens (tertiary/aromatic N) is 2. The number of aromatic nitrogens is 1. The minimum atomic E-state index is 0.256. The first-order valence-corrected chi connectivity index (χ1v) is 8.82. The predicted octanol–water partition coefficient (Wildman–Crippen LogP) is 3.31. The average molecular weight is 303 g/mol. The molecule has 2 atom stereocenters. The van der Waals surface area contributed by atoms with E-state index in [9.17, 15) is 0 Å². The Bertz CT molecular complexity index is 573. The Morgan fingerprint density at radius 1 is 1.33 bits per heavy atom. The molecule has 0 aliphatic heterocycles. The van der Waals surface area contributed by atoms with Crippen LogP contribution in [0.3, 0.4) is 0 Å². The lowest BCUT2D eigenvalue weighted by Crippen LogP contribution is -2.37. The normalized spacial score (nSPS) is 14.5. The number of rotatable bonds is 7.